The van der Waals surface area contributed by atoms with Crippen molar-refractivity contribution in [3.05, 3.63) is 89.5 Å². The fraction of sp³-hybridized carbons (Fsp3) is 0.400. The minimum atomic E-state index is 0.670. The van der Waals surface area contributed by atoms with Gasteiger partial charge >= 0.3 is 0 Å². The highest BCUT2D eigenvalue weighted by atomic mass is 15.1. The van der Waals surface area contributed by atoms with E-state index in [-0.39, 0.29) is 0 Å². The van der Waals surface area contributed by atoms with Crippen LogP contribution in [0.25, 0.3) is 0 Å². The molecule has 0 aliphatic heterocycles. The fourth-order valence-corrected chi connectivity index (χ4v) is 4.20. The van der Waals surface area contributed by atoms with Crippen molar-refractivity contribution >= 4 is 17.1 Å². The lowest BCUT2D eigenvalue weighted by molar-refractivity contribution is 0.647. The van der Waals surface area contributed by atoms with Crippen molar-refractivity contribution in [1.82, 2.24) is 0 Å². The Balaban J connectivity index is 1.95. The summed E-state index contributed by atoms with van der Waals surface area (Å²) in [5.41, 5.74) is 7.83. The normalized spacial score (nSPS) is 11.5. The average Bonchev–Trinajstić information content (AvgIpc) is 2.71. The number of benzene rings is 3. The summed E-state index contributed by atoms with van der Waals surface area (Å²) in [5, 5.41) is 0. The van der Waals surface area contributed by atoms with Crippen LogP contribution < -0.4 is 4.90 Å². The van der Waals surface area contributed by atoms with Crippen molar-refractivity contribution < 1.29 is 0 Å². The van der Waals surface area contributed by atoms with Gasteiger partial charge in [0.1, 0.15) is 0 Å². The predicted molar refractivity (Wildman–Crippen MR) is 137 cm³/mol. The first-order valence-corrected chi connectivity index (χ1v) is 11.9. The van der Waals surface area contributed by atoms with Gasteiger partial charge in [0.05, 0.1) is 0 Å². The van der Waals surface area contributed by atoms with Gasteiger partial charge in [-0.3, -0.25) is 0 Å². The summed E-state index contributed by atoms with van der Waals surface area (Å²) in [4.78, 5) is 2.37. The first-order chi connectivity index (χ1) is 14.8. The monoisotopic (exact) mass is 413 g/mol. The summed E-state index contributed by atoms with van der Waals surface area (Å²) in [6, 6.07) is 27.3. The summed E-state index contributed by atoms with van der Waals surface area (Å²) in [5.74, 6) is 2.01. The topological polar surface area (TPSA) is 3.24 Å². The minimum absolute atomic E-state index is 0.670. The molecule has 0 spiro atoms. The molecule has 0 aromatic heterocycles. The average molecular weight is 414 g/mol. The molecule has 0 radical (unpaired) electrons. The third-order valence-electron chi connectivity index (χ3n) is 5.52. The van der Waals surface area contributed by atoms with E-state index in [2.05, 4.69) is 119 Å². The SMILES string of the molecule is CC(C)Cc1ccc(N(c2ccc(CC(C)C)cc2)c2ccc(CC(C)C)cc2)cc1. The Labute approximate surface area is 190 Å². The molecular weight excluding hydrogens is 374 g/mol. The van der Waals surface area contributed by atoms with E-state index >= 15 is 0 Å². The summed E-state index contributed by atoms with van der Waals surface area (Å²) in [6.07, 6.45) is 3.36. The van der Waals surface area contributed by atoms with Crippen molar-refractivity contribution in [1.29, 1.82) is 0 Å². The van der Waals surface area contributed by atoms with E-state index < -0.39 is 0 Å². The highest BCUT2D eigenvalue weighted by Gasteiger charge is 2.13. The van der Waals surface area contributed by atoms with Crippen molar-refractivity contribution in [2.75, 3.05) is 4.90 Å². The number of hydrogen-bond acceptors (Lipinski definition) is 1. The Kier molecular flexibility index (Phi) is 7.96. The lowest BCUT2D eigenvalue weighted by atomic mass is 10.0. The second-order valence-corrected chi connectivity index (χ2v) is 10.1. The van der Waals surface area contributed by atoms with Crippen LogP contribution in [0.4, 0.5) is 17.1 Å². The van der Waals surface area contributed by atoms with Gasteiger partial charge in [-0.1, -0.05) is 77.9 Å². The molecule has 31 heavy (non-hydrogen) atoms. The number of anilines is 3. The van der Waals surface area contributed by atoms with Crippen LogP contribution in [0.5, 0.6) is 0 Å². The molecule has 0 heterocycles. The second kappa shape index (κ2) is 10.7. The van der Waals surface area contributed by atoms with Crippen molar-refractivity contribution in [2.45, 2.75) is 60.8 Å². The number of hydrogen-bond donors (Lipinski definition) is 0. The Morgan fingerprint density at radius 3 is 0.839 bits per heavy atom. The first kappa shape index (κ1) is 23.1. The number of rotatable bonds is 9. The summed E-state index contributed by atoms with van der Waals surface area (Å²) < 4.78 is 0. The molecule has 0 saturated heterocycles. The molecule has 0 aliphatic carbocycles. The van der Waals surface area contributed by atoms with Crippen LogP contribution in [-0.2, 0) is 19.3 Å². The Morgan fingerprint density at radius 1 is 0.419 bits per heavy atom. The van der Waals surface area contributed by atoms with Gasteiger partial charge < -0.3 is 4.90 Å². The quantitative estimate of drug-likeness (QED) is 0.339. The zero-order valence-corrected chi connectivity index (χ0v) is 20.2. The van der Waals surface area contributed by atoms with Gasteiger partial charge in [0.25, 0.3) is 0 Å². The van der Waals surface area contributed by atoms with Crippen LogP contribution >= 0.6 is 0 Å². The molecule has 0 amide bonds. The van der Waals surface area contributed by atoms with E-state index in [1.54, 1.807) is 0 Å². The van der Waals surface area contributed by atoms with Crippen molar-refractivity contribution in [3.8, 4) is 0 Å². The smallest absolute Gasteiger partial charge is 0.0461 e. The minimum Gasteiger partial charge on any atom is -0.311 e. The molecule has 1 nitrogen and oxygen atoms in total. The molecule has 3 rings (SSSR count). The lowest BCUT2D eigenvalue weighted by Crippen LogP contribution is -2.10. The largest absolute Gasteiger partial charge is 0.311 e. The van der Waals surface area contributed by atoms with E-state index in [0.29, 0.717) is 17.8 Å². The molecule has 0 bridgehead atoms. The van der Waals surface area contributed by atoms with Gasteiger partial charge in [0, 0.05) is 17.1 Å². The van der Waals surface area contributed by atoms with Crippen LogP contribution in [-0.4, -0.2) is 0 Å². The fourth-order valence-electron chi connectivity index (χ4n) is 4.20. The molecule has 0 fully saturated rings. The second-order valence-electron chi connectivity index (χ2n) is 10.1. The van der Waals surface area contributed by atoms with Crippen LogP contribution in [0.1, 0.15) is 58.2 Å². The standard InChI is InChI=1S/C30H39N/c1-22(2)19-25-7-13-28(14-8-25)31(29-15-9-26(10-16-29)20-23(3)4)30-17-11-27(12-18-30)21-24(5)6/h7-18,22-24H,19-21H2,1-6H3. The van der Waals surface area contributed by atoms with Crippen molar-refractivity contribution in [2.24, 2.45) is 17.8 Å². The van der Waals surface area contributed by atoms with Gasteiger partial charge in [-0.2, -0.15) is 0 Å². The Hall–Kier alpha value is -2.54. The van der Waals surface area contributed by atoms with Gasteiger partial charge in [-0.25, -0.2) is 0 Å². The van der Waals surface area contributed by atoms with E-state index in [0.717, 1.165) is 19.3 Å². The van der Waals surface area contributed by atoms with Crippen molar-refractivity contribution in [3.63, 3.8) is 0 Å². The maximum Gasteiger partial charge on any atom is 0.0461 e. The molecule has 3 aromatic carbocycles. The molecule has 0 saturated carbocycles. The molecule has 0 atom stereocenters. The highest BCUT2D eigenvalue weighted by molar-refractivity contribution is 5.76. The van der Waals surface area contributed by atoms with Gasteiger partial charge in [-0.15, -0.1) is 0 Å². The van der Waals surface area contributed by atoms with E-state index in [9.17, 15) is 0 Å². The molecule has 1 heteroatoms. The first-order valence-electron chi connectivity index (χ1n) is 11.9. The van der Waals surface area contributed by atoms with Crippen LogP contribution in [0.3, 0.4) is 0 Å². The number of nitrogens with zero attached hydrogens (tertiary/aromatic N) is 1. The van der Waals surface area contributed by atoms with E-state index in [1.807, 2.05) is 0 Å². The Morgan fingerprint density at radius 2 is 0.645 bits per heavy atom. The zero-order valence-electron chi connectivity index (χ0n) is 20.2. The predicted octanol–water partition coefficient (Wildman–Crippen LogP) is 8.75. The molecular formula is C30H39N. The van der Waals surface area contributed by atoms with E-state index in [4.69, 9.17) is 0 Å². The maximum atomic E-state index is 2.37. The summed E-state index contributed by atoms with van der Waals surface area (Å²) >= 11 is 0. The maximum absolute atomic E-state index is 2.37. The Bertz CT molecular complexity index is 788. The van der Waals surface area contributed by atoms with Gasteiger partial charge in [-0.05, 0) is 90.1 Å². The third kappa shape index (κ3) is 6.72. The molecule has 0 unspecified atom stereocenters. The van der Waals surface area contributed by atoms with E-state index in [1.165, 1.54) is 33.8 Å². The molecule has 0 aliphatic rings. The van der Waals surface area contributed by atoms with Crippen LogP contribution in [0.2, 0.25) is 0 Å². The van der Waals surface area contributed by atoms with Crippen LogP contribution in [0, 0.1) is 17.8 Å². The summed E-state index contributed by atoms with van der Waals surface area (Å²) in [6.45, 7) is 13.7. The van der Waals surface area contributed by atoms with Gasteiger partial charge in [0.2, 0.25) is 0 Å². The molecule has 164 valence electrons. The molecule has 3 aromatic rings. The zero-order chi connectivity index (χ0) is 22.4. The van der Waals surface area contributed by atoms with Crippen LogP contribution in [0.15, 0.2) is 72.8 Å². The molecule has 0 N–H and O–H groups in total. The lowest BCUT2D eigenvalue weighted by Gasteiger charge is -2.26. The summed E-state index contributed by atoms with van der Waals surface area (Å²) in [7, 11) is 0. The third-order valence-corrected chi connectivity index (χ3v) is 5.52. The van der Waals surface area contributed by atoms with Gasteiger partial charge in [0.15, 0.2) is 0 Å². The highest BCUT2D eigenvalue weighted by Crippen LogP contribution is 2.35.